The molecule has 21 heavy (non-hydrogen) atoms. The van der Waals surface area contributed by atoms with Crippen molar-refractivity contribution >= 4 is 29.1 Å². The predicted molar refractivity (Wildman–Crippen MR) is 84.5 cm³/mol. The molecule has 1 aromatic rings. The van der Waals surface area contributed by atoms with Gasteiger partial charge in [0.1, 0.15) is 0 Å². The lowest BCUT2D eigenvalue weighted by molar-refractivity contribution is -0.144. The van der Waals surface area contributed by atoms with E-state index >= 15 is 0 Å². The second kappa shape index (κ2) is 6.94. The van der Waals surface area contributed by atoms with Gasteiger partial charge in [0.05, 0.1) is 0 Å². The Kier molecular flexibility index (Phi) is 5.23. The van der Waals surface area contributed by atoms with Crippen molar-refractivity contribution in [3.05, 3.63) is 28.8 Å². The first-order valence-electron chi connectivity index (χ1n) is 7.34. The van der Waals surface area contributed by atoms with Crippen molar-refractivity contribution < 1.29 is 9.59 Å². The number of benzene rings is 1. The third-order valence-corrected chi connectivity index (χ3v) is 4.56. The predicted octanol–water partition coefficient (Wildman–Crippen LogP) is 3.38. The van der Waals surface area contributed by atoms with Crippen molar-refractivity contribution in [2.75, 3.05) is 12.4 Å². The Labute approximate surface area is 130 Å². The van der Waals surface area contributed by atoms with Crippen LogP contribution in [0.1, 0.15) is 37.7 Å². The highest BCUT2D eigenvalue weighted by atomic mass is 35.5. The maximum atomic E-state index is 12.2. The number of halogens is 1. The van der Waals surface area contributed by atoms with Gasteiger partial charge in [-0.05, 0) is 37.5 Å². The van der Waals surface area contributed by atoms with Gasteiger partial charge < -0.3 is 10.2 Å². The lowest BCUT2D eigenvalue weighted by atomic mass is 9.94. The van der Waals surface area contributed by atoms with E-state index < -0.39 is 11.8 Å². The minimum absolute atomic E-state index is 0.178. The van der Waals surface area contributed by atoms with Crippen molar-refractivity contribution in [3.63, 3.8) is 0 Å². The van der Waals surface area contributed by atoms with Crippen molar-refractivity contribution in [2.45, 2.75) is 45.1 Å². The fourth-order valence-electron chi connectivity index (χ4n) is 2.71. The highest BCUT2D eigenvalue weighted by Crippen LogP contribution is 2.24. The number of nitrogens with one attached hydrogen (secondary N) is 1. The lowest BCUT2D eigenvalue weighted by Crippen LogP contribution is -2.44. The third kappa shape index (κ3) is 3.76. The van der Waals surface area contributed by atoms with E-state index in [0.29, 0.717) is 10.7 Å². The Morgan fingerprint density at radius 1 is 1.24 bits per heavy atom. The van der Waals surface area contributed by atoms with Crippen LogP contribution >= 0.6 is 11.6 Å². The van der Waals surface area contributed by atoms with Gasteiger partial charge in [-0.1, -0.05) is 36.9 Å². The topological polar surface area (TPSA) is 49.4 Å². The van der Waals surface area contributed by atoms with Gasteiger partial charge in [0.15, 0.2) is 0 Å². The van der Waals surface area contributed by atoms with Crippen molar-refractivity contribution in [1.82, 2.24) is 4.90 Å². The number of carbonyl (C=O) groups is 2. The van der Waals surface area contributed by atoms with Gasteiger partial charge in [0, 0.05) is 23.8 Å². The Hall–Kier alpha value is -1.55. The number of carbonyl (C=O) groups excluding carboxylic acids is 2. The van der Waals surface area contributed by atoms with Crippen LogP contribution in [0.5, 0.6) is 0 Å². The SMILES string of the molecule is Cc1c(Cl)cccc1NC(=O)C(=O)N(C)C1CCCCC1. The molecule has 0 radical (unpaired) electrons. The lowest BCUT2D eigenvalue weighted by Gasteiger charge is -2.30. The van der Waals surface area contributed by atoms with E-state index in [-0.39, 0.29) is 6.04 Å². The van der Waals surface area contributed by atoms with Crippen LogP contribution < -0.4 is 5.32 Å². The summed E-state index contributed by atoms with van der Waals surface area (Å²) in [5.41, 5.74) is 1.35. The minimum atomic E-state index is -0.603. The molecule has 5 heteroatoms. The Balaban J connectivity index is 2.02. The summed E-state index contributed by atoms with van der Waals surface area (Å²) < 4.78 is 0. The van der Waals surface area contributed by atoms with Crippen molar-refractivity contribution in [2.24, 2.45) is 0 Å². The standard InChI is InChI=1S/C16H21ClN2O2/c1-11-13(17)9-6-10-14(11)18-15(20)16(21)19(2)12-7-4-3-5-8-12/h6,9-10,12H,3-5,7-8H2,1-2H3,(H,18,20). The van der Waals surface area contributed by atoms with E-state index in [1.807, 2.05) is 6.92 Å². The summed E-state index contributed by atoms with van der Waals surface area (Å²) in [6.45, 7) is 1.81. The fourth-order valence-corrected chi connectivity index (χ4v) is 2.89. The fraction of sp³-hybridized carbons (Fsp3) is 0.500. The number of amides is 2. The molecule has 1 fully saturated rings. The zero-order valence-electron chi connectivity index (χ0n) is 12.5. The van der Waals surface area contributed by atoms with E-state index in [1.165, 1.54) is 6.42 Å². The van der Waals surface area contributed by atoms with Crippen LogP contribution in [0.4, 0.5) is 5.69 Å². The molecule has 0 aromatic heterocycles. The molecule has 1 aliphatic rings. The van der Waals surface area contributed by atoms with E-state index in [9.17, 15) is 9.59 Å². The second-order valence-corrected chi connectivity index (χ2v) is 5.98. The second-order valence-electron chi connectivity index (χ2n) is 5.57. The highest BCUT2D eigenvalue weighted by Gasteiger charge is 2.26. The molecule has 2 amide bonds. The van der Waals surface area contributed by atoms with Gasteiger partial charge >= 0.3 is 11.8 Å². The summed E-state index contributed by atoms with van der Waals surface area (Å²) in [5.74, 6) is -1.09. The monoisotopic (exact) mass is 308 g/mol. The molecule has 0 bridgehead atoms. The molecule has 0 unspecified atom stereocenters. The molecule has 0 saturated heterocycles. The van der Waals surface area contributed by atoms with Crippen LogP contribution in [-0.4, -0.2) is 29.8 Å². The maximum Gasteiger partial charge on any atom is 0.313 e. The number of anilines is 1. The zero-order valence-corrected chi connectivity index (χ0v) is 13.2. The molecule has 0 aliphatic heterocycles. The summed E-state index contributed by atoms with van der Waals surface area (Å²) in [6.07, 6.45) is 5.42. The molecule has 0 spiro atoms. The normalized spacial score (nSPS) is 15.6. The Bertz CT molecular complexity index is 539. The molecule has 0 atom stereocenters. The molecule has 1 aliphatic carbocycles. The van der Waals surface area contributed by atoms with Crippen LogP contribution in [0, 0.1) is 6.92 Å². The van der Waals surface area contributed by atoms with Gasteiger partial charge in [-0.2, -0.15) is 0 Å². The number of nitrogens with zero attached hydrogens (tertiary/aromatic N) is 1. The molecular weight excluding hydrogens is 288 g/mol. The molecule has 1 N–H and O–H groups in total. The van der Waals surface area contributed by atoms with Crippen molar-refractivity contribution in [1.29, 1.82) is 0 Å². The van der Waals surface area contributed by atoms with E-state index in [4.69, 9.17) is 11.6 Å². The molecule has 2 rings (SSSR count). The van der Waals surface area contributed by atoms with Crippen LogP contribution in [0.3, 0.4) is 0 Å². The largest absolute Gasteiger partial charge is 0.335 e. The first-order valence-corrected chi connectivity index (χ1v) is 7.71. The summed E-state index contributed by atoms with van der Waals surface area (Å²) in [6, 6.07) is 5.42. The van der Waals surface area contributed by atoms with E-state index in [1.54, 1.807) is 30.1 Å². The van der Waals surface area contributed by atoms with E-state index in [0.717, 1.165) is 31.2 Å². The quantitative estimate of drug-likeness (QED) is 0.852. The average Bonchev–Trinajstić information content (AvgIpc) is 2.51. The minimum Gasteiger partial charge on any atom is -0.335 e. The van der Waals surface area contributed by atoms with Crippen LogP contribution in [0.25, 0.3) is 0 Å². The van der Waals surface area contributed by atoms with E-state index in [2.05, 4.69) is 5.32 Å². The number of hydrogen-bond donors (Lipinski definition) is 1. The number of rotatable bonds is 2. The first kappa shape index (κ1) is 15.8. The summed E-state index contributed by atoms with van der Waals surface area (Å²) >= 11 is 6.01. The Morgan fingerprint density at radius 3 is 2.57 bits per heavy atom. The summed E-state index contributed by atoms with van der Waals surface area (Å²) in [4.78, 5) is 25.9. The molecule has 1 saturated carbocycles. The smallest absolute Gasteiger partial charge is 0.313 e. The van der Waals surface area contributed by atoms with Gasteiger partial charge in [-0.25, -0.2) is 0 Å². The van der Waals surface area contributed by atoms with Gasteiger partial charge in [-0.15, -0.1) is 0 Å². The maximum absolute atomic E-state index is 12.2. The molecule has 4 nitrogen and oxygen atoms in total. The van der Waals surface area contributed by atoms with Crippen molar-refractivity contribution in [3.8, 4) is 0 Å². The van der Waals surface area contributed by atoms with Crippen LogP contribution in [0.15, 0.2) is 18.2 Å². The molecule has 0 heterocycles. The summed E-state index contributed by atoms with van der Waals surface area (Å²) in [7, 11) is 1.71. The highest BCUT2D eigenvalue weighted by molar-refractivity contribution is 6.40. The zero-order chi connectivity index (χ0) is 15.4. The summed E-state index contributed by atoms with van der Waals surface area (Å²) in [5, 5.41) is 3.23. The molecular formula is C16H21ClN2O2. The average molecular weight is 309 g/mol. The first-order chi connectivity index (χ1) is 10.0. The Morgan fingerprint density at radius 2 is 1.90 bits per heavy atom. The van der Waals surface area contributed by atoms with Gasteiger partial charge in [0.25, 0.3) is 0 Å². The molecule has 1 aromatic carbocycles. The molecule has 114 valence electrons. The van der Waals surface area contributed by atoms with Crippen LogP contribution in [0.2, 0.25) is 5.02 Å². The number of likely N-dealkylation sites (N-methyl/N-ethyl adjacent to an activating group) is 1. The number of hydrogen-bond acceptors (Lipinski definition) is 2. The third-order valence-electron chi connectivity index (χ3n) is 4.15. The van der Waals surface area contributed by atoms with Gasteiger partial charge in [-0.3, -0.25) is 9.59 Å². The van der Waals surface area contributed by atoms with Crippen LogP contribution in [-0.2, 0) is 9.59 Å². The van der Waals surface area contributed by atoms with Gasteiger partial charge in [0.2, 0.25) is 0 Å².